The molecule has 2 heterocycles. The smallest absolute Gasteiger partial charge is 0.376 e. The van der Waals surface area contributed by atoms with Gasteiger partial charge in [-0.1, -0.05) is 6.07 Å². The van der Waals surface area contributed by atoms with Crippen molar-refractivity contribution in [2.75, 3.05) is 13.2 Å². The first kappa shape index (κ1) is 18.2. The number of rotatable bonds is 4. The monoisotopic (exact) mass is 366 g/mol. The van der Waals surface area contributed by atoms with Gasteiger partial charge in [-0.3, -0.25) is 14.2 Å². The van der Waals surface area contributed by atoms with Crippen LogP contribution in [-0.4, -0.2) is 29.7 Å². The molecule has 0 spiro atoms. The summed E-state index contributed by atoms with van der Waals surface area (Å²) in [6.45, 7) is 1.02. The number of benzene rings is 1. The van der Waals surface area contributed by atoms with Gasteiger partial charge in [0, 0.05) is 31.1 Å². The van der Waals surface area contributed by atoms with E-state index in [0.29, 0.717) is 13.2 Å². The summed E-state index contributed by atoms with van der Waals surface area (Å²) in [5, 5.41) is 2.72. The van der Waals surface area contributed by atoms with Crippen LogP contribution in [0.1, 0.15) is 28.8 Å². The van der Waals surface area contributed by atoms with E-state index < -0.39 is 23.2 Å². The van der Waals surface area contributed by atoms with Gasteiger partial charge in [-0.15, -0.1) is 0 Å². The molecule has 1 N–H and O–H groups in total. The van der Waals surface area contributed by atoms with Crippen molar-refractivity contribution in [2.45, 2.75) is 25.1 Å². The van der Waals surface area contributed by atoms with Gasteiger partial charge >= 0.3 is 6.18 Å². The Morgan fingerprint density at radius 1 is 1.27 bits per heavy atom. The van der Waals surface area contributed by atoms with Crippen LogP contribution in [0.4, 0.5) is 13.2 Å². The summed E-state index contributed by atoms with van der Waals surface area (Å²) >= 11 is 0. The number of nitrogens with one attached hydrogen (secondary N) is 1. The van der Waals surface area contributed by atoms with Crippen LogP contribution in [0.25, 0.3) is 5.69 Å². The number of halogens is 3. The molecule has 1 aliphatic rings. The molecule has 1 aliphatic heterocycles. The fraction of sp³-hybridized carbons (Fsp3) is 0.333. The third-order valence-corrected chi connectivity index (χ3v) is 4.14. The number of carbonyl (C=O) groups is 1. The zero-order valence-electron chi connectivity index (χ0n) is 13.8. The minimum Gasteiger partial charge on any atom is -0.376 e. The molecular formula is C18H17F3N2O3. The third kappa shape index (κ3) is 4.13. The van der Waals surface area contributed by atoms with E-state index in [1.54, 1.807) is 0 Å². The molecule has 1 atom stereocenters. The highest BCUT2D eigenvalue weighted by Gasteiger charge is 2.30. The zero-order chi connectivity index (χ0) is 18.7. The van der Waals surface area contributed by atoms with Crippen molar-refractivity contribution in [3.8, 4) is 5.69 Å². The number of hydrogen-bond acceptors (Lipinski definition) is 3. The molecule has 1 aromatic carbocycles. The van der Waals surface area contributed by atoms with E-state index >= 15 is 0 Å². The summed E-state index contributed by atoms with van der Waals surface area (Å²) in [5.74, 6) is -0.416. The molecule has 0 radical (unpaired) electrons. The Labute approximate surface area is 147 Å². The lowest BCUT2D eigenvalue weighted by Crippen LogP contribution is -2.32. The van der Waals surface area contributed by atoms with Gasteiger partial charge in [0.15, 0.2) is 0 Å². The second kappa shape index (κ2) is 7.33. The number of amides is 1. The molecule has 3 rings (SSSR count). The molecule has 1 unspecified atom stereocenters. The minimum atomic E-state index is -4.52. The van der Waals surface area contributed by atoms with Gasteiger partial charge in [-0.25, -0.2) is 0 Å². The standard InChI is InChI=1S/C18H17F3N2O3/c19-18(20,21)13-3-1-4-14(9-13)23-11-12(6-7-16(23)24)17(25)22-10-15-5-2-8-26-15/h1,3-4,6-7,9,11,15H,2,5,8,10H2,(H,22,25). The second-order valence-electron chi connectivity index (χ2n) is 6.02. The van der Waals surface area contributed by atoms with Crippen LogP contribution in [0.15, 0.2) is 47.4 Å². The Kier molecular flexibility index (Phi) is 5.13. The predicted molar refractivity (Wildman–Crippen MR) is 88.3 cm³/mol. The lowest BCUT2D eigenvalue weighted by atomic mass is 10.2. The SMILES string of the molecule is O=C(NCC1CCCO1)c1ccc(=O)n(-c2cccc(C(F)(F)F)c2)c1. The minimum absolute atomic E-state index is 0.0340. The highest BCUT2D eigenvalue weighted by Crippen LogP contribution is 2.30. The average Bonchev–Trinajstić information content (AvgIpc) is 3.13. The van der Waals surface area contributed by atoms with E-state index in [-0.39, 0.29) is 17.4 Å². The van der Waals surface area contributed by atoms with Crippen molar-refractivity contribution in [3.05, 3.63) is 64.1 Å². The Balaban J connectivity index is 1.83. The van der Waals surface area contributed by atoms with Crippen molar-refractivity contribution in [1.82, 2.24) is 9.88 Å². The maximum absolute atomic E-state index is 12.9. The summed E-state index contributed by atoms with van der Waals surface area (Å²) < 4.78 is 45.1. The van der Waals surface area contributed by atoms with E-state index in [9.17, 15) is 22.8 Å². The molecule has 138 valence electrons. The summed E-state index contributed by atoms with van der Waals surface area (Å²) in [5.41, 5.74) is -1.17. The molecule has 0 bridgehead atoms. The van der Waals surface area contributed by atoms with Gasteiger partial charge < -0.3 is 10.1 Å². The Hall–Kier alpha value is -2.61. The quantitative estimate of drug-likeness (QED) is 0.905. The lowest BCUT2D eigenvalue weighted by Gasteiger charge is -2.13. The molecule has 2 aromatic rings. The second-order valence-corrected chi connectivity index (χ2v) is 6.02. The molecule has 0 saturated carbocycles. The first-order valence-electron chi connectivity index (χ1n) is 8.15. The highest BCUT2D eigenvalue weighted by molar-refractivity contribution is 5.93. The highest BCUT2D eigenvalue weighted by atomic mass is 19.4. The summed E-state index contributed by atoms with van der Waals surface area (Å²) in [4.78, 5) is 24.3. The van der Waals surface area contributed by atoms with Crippen molar-refractivity contribution >= 4 is 5.91 Å². The van der Waals surface area contributed by atoms with Gasteiger partial charge in [0.25, 0.3) is 11.5 Å². The molecule has 1 amide bonds. The van der Waals surface area contributed by atoms with Crippen molar-refractivity contribution in [3.63, 3.8) is 0 Å². The van der Waals surface area contributed by atoms with E-state index in [1.807, 2.05) is 0 Å². The van der Waals surface area contributed by atoms with Crippen LogP contribution in [-0.2, 0) is 10.9 Å². The number of carbonyl (C=O) groups excluding carboxylic acids is 1. The van der Waals surface area contributed by atoms with Crippen LogP contribution in [0.3, 0.4) is 0 Å². The van der Waals surface area contributed by atoms with Crippen molar-refractivity contribution in [2.24, 2.45) is 0 Å². The van der Waals surface area contributed by atoms with Crippen LogP contribution >= 0.6 is 0 Å². The van der Waals surface area contributed by atoms with Gasteiger partial charge in [-0.2, -0.15) is 13.2 Å². The Morgan fingerprint density at radius 2 is 2.08 bits per heavy atom. The van der Waals surface area contributed by atoms with Gasteiger partial charge in [0.2, 0.25) is 0 Å². The van der Waals surface area contributed by atoms with E-state index in [1.165, 1.54) is 24.4 Å². The molecular weight excluding hydrogens is 349 g/mol. The number of aromatic nitrogens is 1. The first-order chi connectivity index (χ1) is 12.3. The van der Waals surface area contributed by atoms with E-state index in [0.717, 1.165) is 35.6 Å². The van der Waals surface area contributed by atoms with E-state index in [2.05, 4.69) is 5.32 Å². The number of nitrogens with zero attached hydrogens (tertiary/aromatic N) is 1. The molecule has 26 heavy (non-hydrogen) atoms. The Bertz CT molecular complexity index is 855. The normalized spacial score (nSPS) is 17.3. The van der Waals surface area contributed by atoms with Crippen molar-refractivity contribution in [1.29, 1.82) is 0 Å². The topological polar surface area (TPSA) is 60.3 Å². The van der Waals surface area contributed by atoms with Gasteiger partial charge in [-0.05, 0) is 37.1 Å². The molecule has 1 fully saturated rings. The molecule has 5 nitrogen and oxygen atoms in total. The average molecular weight is 366 g/mol. The molecule has 8 heteroatoms. The fourth-order valence-electron chi connectivity index (χ4n) is 2.77. The summed E-state index contributed by atoms with van der Waals surface area (Å²) in [6.07, 6.45) is -1.50. The van der Waals surface area contributed by atoms with Crippen LogP contribution in [0, 0.1) is 0 Å². The lowest BCUT2D eigenvalue weighted by molar-refractivity contribution is -0.137. The van der Waals surface area contributed by atoms with Crippen LogP contribution in [0.5, 0.6) is 0 Å². The number of ether oxygens (including phenoxy) is 1. The number of pyridine rings is 1. The maximum Gasteiger partial charge on any atom is 0.416 e. The first-order valence-corrected chi connectivity index (χ1v) is 8.15. The maximum atomic E-state index is 12.9. The Morgan fingerprint density at radius 3 is 2.77 bits per heavy atom. The number of alkyl halides is 3. The number of hydrogen-bond donors (Lipinski definition) is 1. The van der Waals surface area contributed by atoms with Crippen LogP contribution < -0.4 is 10.9 Å². The fourth-order valence-corrected chi connectivity index (χ4v) is 2.77. The van der Waals surface area contributed by atoms with Crippen molar-refractivity contribution < 1.29 is 22.7 Å². The van der Waals surface area contributed by atoms with E-state index in [4.69, 9.17) is 4.74 Å². The zero-order valence-corrected chi connectivity index (χ0v) is 13.8. The molecule has 0 aliphatic carbocycles. The third-order valence-electron chi connectivity index (χ3n) is 4.14. The van der Waals surface area contributed by atoms with Gasteiger partial charge in [0.05, 0.1) is 17.2 Å². The van der Waals surface area contributed by atoms with Crippen LogP contribution in [0.2, 0.25) is 0 Å². The summed E-state index contributed by atoms with van der Waals surface area (Å²) in [6, 6.07) is 6.89. The largest absolute Gasteiger partial charge is 0.416 e. The van der Waals surface area contributed by atoms with Gasteiger partial charge in [0.1, 0.15) is 0 Å². The molecule has 1 saturated heterocycles. The predicted octanol–water partition coefficient (Wildman–Crippen LogP) is 2.77. The molecule has 1 aromatic heterocycles. The summed E-state index contributed by atoms with van der Waals surface area (Å²) in [7, 11) is 0.